The van der Waals surface area contributed by atoms with Crippen molar-refractivity contribution in [1.82, 2.24) is 4.90 Å². The minimum Gasteiger partial charge on any atom is -0.444 e. The van der Waals surface area contributed by atoms with Gasteiger partial charge in [-0.2, -0.15) is 0 Å². The molecule has 0 bridgehead atoms. The Hall–Kier alpha value is -2.23. The van der Waals surface area contributed by atoms with Crippen molar-refractivity contribution < 1.29 is 9.53 Å². The van der Waals surface area contributed by atoms with E-state index in [1.54, 1.807) is 0 Å². The van der Waals surface area contributed by atoms with Crippen molar-refractivity contribution in [1.29, 1.82) is 0 Å². The predicted octanol–water partition coefficient (Wildman–Crippen LogP) is 4.65. The number of carbonyl (C=O) groups is 1. The van der Waals surface area contributed by atoms with Gasteiger partial charge < -0.3 is 15.0 Å². The van der Waals surface area contributed by atoms with Gasteiger partial charge in [0.05, 0.1) is 0 Å². The molecular weight excluding hydrogens is 300 g/mol. The van der Waals surface area contributed by atoms with E-state index in [9.17, 15) is 4.79 Å². The highest BCUT2D eigenvalue weighted by Crippen LogP contribution is 2.26. The van der Waals surface area contributed by atoms with Crippen molar-refractivity contribution in [3.8, 4) is 0 Å². The van der Waals surface area contributed by atoms with E-state index in [4.69, 9.17) is 4.74 Å². The quantitative estimate of drug-likeness (QED) is 0.873. The van der Waals surface area contributed by atoms with Gasteiger partial charge in [0.1, 0.15) is 5.60 Å². The summed E-state index contributed by atoms with van der Waals surface area (Å²) in [7, 11) is 0. The van der Waals surface area contributed by atoms with Crippen LogP contribution in [0.3, 0.4) is 0 Å². The van der Waals surface area contributed by atoms with E-state index >= 15 is 0 Å². The van der Waals surface area contributed by atoms with Gasteiger partial charge >= 0.3 is 6.09 Å². The number of piperidine rings is 1. The smallest absolute Gasteiger partial charge is 0.410 e. The number of likely N-dealkylation sites (tertiary alicyclic amines) is 1. The number of fused-ring (bicyclic) bond motifs is 1. The molecule has 1 aliphatic heterocycles. The summed E-state index contributed by atoms with van der Waals surface area (Å²) in [5.41, 5.74) is 0.735. The maximum atomic E-state index is 12.1. The molecule has 0 radical (unpaired) electrons. The molecule has 2 aromatic rings. The maximum absolute atomic E-state index is 12.1. The molecule has 4 nitrogen and oxygen atoms in total. The molecule has 4 heteroatoms. The van der Waals surface area contributed by atoms with Crippen molar-refractivity contribution in [3.05, 3.63) is 42.5 Å². The minimum atomic E-state index is -0.435. The average molecular weight is 326 g/mol. The molecular formula is C20H26N2O2. The molecule has 0 aromatic heterocycles. The standard InChI is InChI=1S/C20H26N2O2/c1-20(2,3)24-19(23)22-13-11-16(12-14-22)21-18-10-6-8-15-7-4-5-9-17(15)18/h4-10,16,21H,11-14H2,1-3H3. The third-order valence-electron chi connectivity index (χ3n) is 4.30. The first-order valence-corrected chi connectivity index (χ1v) is 8.64. The molecule has 0 aliphatic carbocycles. The van der Waals surface area contributed by atoms with E-state index in [-0.39, 0.29) is 6.09 Å². The van der Waals surface area contributed by atoms with E-state index < -0.39 is 5.60 Å². The van der Waals surface area contributed by atoms with Gasteiger partial charge in [-0.3, -0.25) is 0 Å². The largest absolute Gasteiger partial charge is 0.444 e. The Bertz CT molecular complexity index is 708. The van der Waals surface area contributed by atoms with Gasteiger partial charge in [0, 0.05) is 30.2 Å². The second-order valence-corrected chi connectivity index (χ2v) is 7.41. The van der Waals surface area contributed by atoms with Gasteiger partial charge in [-0.25, -0.2) is 4.79 Å². The van der Waals surface area contributed by atoms with Gasteiger partial charge in [0.25, 0.3) is 0 Å². The number of anilines is 1. The number of amides is 1. The SMILES string of the molecule is CC(C)(C)OC(=O)N1CCC(Nc2cccc3ccccc23)CC1. The van der Waals surface area contributed by atoms with Crippen molar-refractivity contribution in [2.24, 2.45) is 0 Å². The van der Waals surface area contributed by atoms with Crippen LogP contribution < -0.4 is 5.32 Å². The number of hydrogen-bond donors (Lipinski definition) is 1. The lowest BCUT2D eigenvalue weighted by atomic mass is 10.0. The first kappa shape index (κ1) is 16.6. The second-order valence-electron chi connectivity index (χ2n) is 7.41. The van der Waals surface area contributed by atoms with Gasteiger partial charge in [0.2, 0.25) is 0 Å². The van der Waals surface area contributed by atoms with Crippen molar-refractivity contribution in [3.63, 3.8) is 0 Å². The lowest BCUT2D eigenvalue weighted by Gasteiger charge is -2.34. The van der Waals surface area contributed by atoms with Crippen molar-refractivity contribution in [2.45, 2.75) is 45.3 Å². The topological polar surface area (TPSA) is 41.6 Å². The zero-order valence-corrected chi connectivity index (χ0v) is 14.7. The minimum absolute atomic E-state index is 0.203. The lowest BCUT2D eigenvalue weighted by molar-refractivity contribution is 0.0210. The van der Waals surface area contributed by atoms with Crippen LogP contribution in [0.25, 0.3) is 10.8 Å². The van der Waals surface area contributed by atoms with Gasteiger partial charge in [-0.05, 0) is 45.1 Å². The van der Waals surface area contributed by atoms with Crippen LogP contribution in [0.5, 0.6) is 0 Å². The Labute approximate surface area is 143 Å². The highest BCUT2D eigenvalue weighted by atomic mass is 16.6. The summed E-state index contributed by atoms with van der Waals surface area (Å²) in [6.45, 7) is 7.17. The molecule has 0 unspecified atom stereocenters. The molecule has 0 saturated carbocycles. The van der Waals surface area contributed by atoms with E-state index in [1.165, 1.54) is 16.5 Å². The molecule has 2 aromatic carbocycles. The molecule has 1 heterocycles. The Morgan fingerprint density at radius 2 is 1.75 bits per heavy atom. The third kappa shape index (κ3) is 3.99. The fraction of sp³-hybridized carbons (Fsp3) is 0.450. The third-order valence-corrected chi connectivity index (χ3v) is 4.30. The fourth-order valence-corrected chi connectivity index (χ4v) is 3.10. The predicted molar refractivity (Wildman–Crippen MR) is 98.4 cm³/mol. The number of nitrogens with one attached hydrogen (secondary N) is 1. The number of rotatable bonds is 2. The van der Waals surface area contributed by atoms with Crippen LogP contribution >= 0.6 is 0 Å². The number of carbonyl (C=O) groups excluding carboxylic acids is 1. The molecule has 1 fully saturated rings. The van der Waals surface area contributed by atoms with Crippen LogP contribution in [-0.2, 0) is 4.74 Å². The highest BCUT2D eigenvalue weighted by Gasteiger charge is 2.26. The van der Waals surface area contributed by atoms with E-state index in [1.807, 2.05) is 25.7 Å². The first-order chi connectivity index (χ1) is 11.4. The Morgan fingerprint density at radius 3 is 2.46 bits per heavy atom. The van der Waals surface area contributed by atoms with Gasteiger partial charge in [0.15, 0.2) is 0 Å². The molecule has 24 heavy (non-hydrogen) atoms. The number of hydrogen-bond acceptors (Lipinski definition) is 3. The summed E-state index contributed by atoms with van der Waals surface area (Å²) in [6, 6.07) is 15.1. The van der Waals surface area contributed by atoms with Crippen LogP contribution in [0.4, 0.5) is 10.5 Å². The van der Waals surface area contributed by atoms with Crippen molar-refractivity contribution >= 4 is 22.6 Å². The second kappa shape index (κ2) is 6.71. The fourth-order valence-electron chi connectivity index (χ4n) is 3.10. The number of benzene rings is 2. The summed E-state index contributed by atoms with van der Waals surface area (Å²) >= 11 is 0. The monoisotopic (exact) mass is 326 g/mol. The molecule has 128 valence electrons. The number of ether oxygens (including phenoxy) is 1. The normalized spacial score (nSPS) is 16.2. The van der Waals surface area contributed by atoms with Crippen LogP contribution in [-0.4, -0.2) is 35.7 Å². The summed E-state index contributed by atoms with van der Waals surface area (Å²) in [5.74, 6) is 0. The zero-order valence-electron chi connectivity index (χ0n) is 14.7. The average Bonchev–Trinajstić information content (AvgIpc) is 2.54. The Kier molecular flexibility index (Phi) is 4.65. The zero-order chi connectivity index (χ0) is 17.2. The molecule has 0 atom stereocenters. The summed E-state index contributed by atoms with van der Waals surface area (Å²) < 4.78 is 5.45. The molecule has 1 aliphatic rings. The molecule has 1 saturated heterocycles. The van der Waals surface area contributed by atoms with Crippen LogP contribution in [0.2, 0.25) is 0 Å². The summed E-state index contributed by atoms with van der Waals surface area (Å²) in [6.07, 6.45) is 1.66. The molecule has 1 N–H and O–H groups in total. The molecule has 3 rings (SSSR count). The first-order valence-electron chi connectivity index (χ1n) is 8.64. The maximum Gasteiger partial charge on any atom is 0.410 e. The Morgan fingerprint density at radius 1 is 1.08 bits per heavy atom. The lowest BCUT2D eigenvalue weighted by Crippen LogP contribution is -2.44. The summed E-state index contributed by atoms with van der Waals surface area (Å²) in [4.78, 5) is 13.9. The van der Waals surface area contributed by atoms with Gasteiger partial charge in [-0.1, -0.05) is 36.4 Å². The van der Waals surface area contributed by atoms with Crippen LogP contribution in [0.15, 0.2) is 42.5 Å². The summed E-state index contributed by atoms with van der Waals surface area (Å²) in [5, 5.41) is 6.14. The van der Waals surface area contributed by atoms with E-state index in [0.717, 1.165) is 25.9 Å². The number of nitrogens with zero attached hydrogens (tertiary/aromatic N) is 1. The van der Waals surface area contributed by atoms with Crippen molar-refractivity contribution in [2.75, 3.05) is 18.4 Å². The Balaban J connectivity index is 1.60. The highest BCUT2D eigenvalue weighted by molar-refractivity contribution is 5.93. The molecule has 0 spiro atoms. The van der Waals surface area contributed by atoms with Crippen LogP contribution in [0, 0.1) is 0 Å². The van der Waals surface area contributed by atoms with E-state index in [0.29, 0.717) is 6.04 Å². The molecule has 1 amide bonds. The van der Waals surface area contributed by atoms with E-state index in [2.05, 4.69) is 47.8 Å². The van der Waals surface area contributed by atoms with Gasteiger partial charge in [-0.15, -0.1) is 0 Å². The van der Waals surface area contributed by atoms with Crippen LogP contribution in [0.1, 0.15) is 33.6 Å².